The fourth-order valence-electron chi connectivity index (χ4n) is 3.54. The Morgan fingerprint density at radius 1 is 1.14 bits per heavy atom. The van der Waals surface area contributed by atoms with E-state index in [9.17, 15) is 4.79 Å². The van der Waals surface area contributed by atoms with Gasteiger partial charge in [0.05, 0.1) is 20.4 Å². The van der Waals surface area contributed by atoms with E-state index in [1.165, 1.54) is 0 Å². The lowest BCUT2D eigenvalue weighted by atomic mass is 9.91. The van der Waals surface area contributed by atoms with Crippen LogP contribution in [0.15, 0.2) is 48.9 Å². The molecule has 0 atom stereocenters. The zero-order valence-corrected chi connectivity index (χ0v) is 15.9. The number of carbonyl (C=O) groups excluding carboxylic acids is 1. The minimum absolute atomic E-state index is 0.0243. The Labute approximate surface area is 163 Å². The third-order valence-electron chi connectivity index (χ3n) is 5.02. The molecule has 2 aromatic heterocycles. The summed E-state index contributed by atoms with van der Waals surface area (Å²) >= 11 is 0. The first-order valence-electron chi connectivity index (χ1n) is 9.13. The van der Waals surface area contributed by atoms with Crippen molar-refractivity contribution >= 4 is 5.91 Å². The average Bonchev–Trinajstić information content (AvgIpc) is 3.20. The van der Waals surface area contributed by atoms with Crippen LogP contribution < -0.4 is 9.47 Å². The lowest BCUT2D eigenvalue weighted by Crippen LogP contribution is -2.50. The number of hydrogen-bond donors (Lipinski definition) is 1. The molecule has 7 heteroatoms. The molecule has 1 amide bonds. The molecule has 1 aliphatic heterocycles. The molecule has 1 aliphatic rings. The predicted octanol–water partition coefficient (Wildman–Crippen LogP) is 2.80. The number of nitrogens with zero attached hydrogens (tertiary/aromatic N) is 3. The van der Waals surface area contributed by atoms with Gasteiger partial charge in [0.25, 0.3) is 5.91 Å². The Bertz CT molecular complexity index is 943. The highest BCUT2D eigenvalue weighted by molar-refractivity contribution is 5.99. The van der Waals surface area contributed by atoms with E-state index < -0.39 is 0 Å². The number of carbonyl (C=O) groups is 1. The quantitative estimate of drug-likeness (QED) is 0.713. The van der Waals surface area contributed by atoms with E-state index >= 15 is 0 Å². The molecule has 144 valence electrons. The second-order valence-corrected chi connectivity index (χ2v) is 6.90. The lowest BCUT2D eigenvalue weighted by molar-refractivity contribution is 0.0495. The first kappa shape index (κ1) is 18.0. The zero-order valence-electron chi connectivity index (χ0n) is 15.9. The third kappa shape index (κ3) is 3.55. The summed E-state index contributed by atoms with van der Waals surface area (Å²) in [6, 6.07) is 9.64. The van der Waals surface area contributed by atoms with Gasteiger partial charge in [-0.15, -0.1) is 0 Å². The molecule has 3 heterocycles. The van der Waals surface area contributed by atoms with Gasteiger partial charge >= 0.3 is 0 Å². The molecule has 0 spiro atoms. The first-order chi connectivity index (χ1) is 13.7. The number of amides is 1. The monoisotopic (exact) mass is 378 g/mol. The van der Waals surface area contributed by atoms with Gasteiger partial charge in [0.1, 0.15) is 17.2 Å². The summed E-state index contributed by atoms with van der Waals surface area (Å²) in [4.78, 5) is 18.8. The molecular formula is C21H22N4O3. The van der Waals surface area contributed by atoms with Gasteiger partial charge in [-0.25, -0.2) is 0 Å². The maximum absolute atomic E-state index is 12.9. The maximum atomic E-state index is 12.9. The Morgan fingerprint density at radius 2 is 1.82 bits per heavy atom. The highest BCUT2D eigenvalue weighted by Crippen LogP contribution is 2.29. The molecule has 28 heavy (non-hydrogen) atoms. The van der Waals surface area contributed by atoms with Crippen LogP contribution in [-0.4, -0.2) is 53.3 Å². The molecule has 0 bridgehead atoms. The summed E-state index contributed by atoms with van der Waals surface area (Å²) in [5.41, 5.74) is 3.39. The predicted molar refractivity (Wildman–Crippen MR) is 104 cm³/mol. The summed E-state index contributed by atoms with van der Waals surface area (Å²) in [5.74, 6) is 1.94. The smallest absolute Gasteiger partial charge is 0.272 e. The van der Waals surface area contributed by atoms with E-state index in [1.54, 1.807) is 32.8 Å². The van der Waals surface area contributed by atoms with Crippen molar-refractivity contribution in [2.45, 2.75) is 6.42 Å². The zero-order chi connectivity index (χ0) is 19.5. The van der Waals surface area contributed by atoms with Crippen LogP contribution in [0.4, 0.5) is 0 Å². The minimum atomic E-state index is -0.0243. The van der Waals surface area contributed by atoms with Crippen molar-refractivity contribution in [2.24, 2.45) is 5.92 Å². The number of aromatic nitrogens is 3. The van der Waals surface area contributed by atoms with Crippen LogP contribution in [0.2, 0.25) is 0 Å². The van der Waals surface area contributed by atoms with Crippen LogP contribution in [0.25, 0.3) is 11.1 Å². The van der Waals surface area contributed by atoms with Crippen molar-refractivity contribution in [3.8, 4) is 22.6 Å². The van der Waals surface area contributed by atoms with E-state index in [0.717, 1.165) is 34.6 Å². The molecule has 1 N–H and O–H groups in total. The number of likely N-dealkylation sites (tertiary alicyclic amines) is 1. The SMILES string of the molecule is COc1cc(CC2CN(C(=O)c3[nH]ncc3-c3ccncc3)C2)cc(OC)c1. The molecular weight excluding hydrogens is 356 g/mol. The Morgan fingerprint density at radius 3 is 2.46 bits per heavy atom. The minimum Gasteiger partial charge on any atom is -0.497 e. The second kappa shape index (κ2) is 7.72. The highest BCUT2D eigenvalue weighted by atomic mass is 16.5. The number of ether oxygens (including phenoxy) is 2. The molecule has 0 radical (unpaired) electrons. The molecule has 0 saturated carbocycles. The molecule has 0 aliphatic carbocycles. The number of rotatable bonds is 6. The van der Waals surface area contributed by atoms with Gasteiger partial charge in [-0.3, -0.25) is 14.9 Å². The molecule has 3 aromatic rings. The molecule has 4 rings (SSSR count). The van der Waals surface area contributed by atoms with Crippen molar-refractivity contribution in [3.63, 3.8) is 0 Å². The summed E-state index contributed by atoms with van der Waals surface area (Å²) in [6.07, 6.45) is 5.97. The van der Waals surface area contributed by atoms with Gasteiger partial charge in [0.15, 0.2) is 0 Å². The van der Waals surface area contributed by atoms with Gasteiger partial charge in [0.2, 0.25) is 0 Å². The number of H-pyrrole nitrogens is 1. The van der Waals surface area contributed by atoms with E-state index in [2.05, 4.69) is 15.2 Å². The van der Waals surface area contributed by atoms with Crippen LogP contribution >= 0.6 is 0 Å². The number of methoxy groups -OCH3 is 2. The van der Waals surface area contributed by atoms with E-state index in [0.29, 0.717) is 24.7 Å². The second-order valence-electron chi connectivity index (χ2n) is 6.90. The Balaban J connectivity index is 1.41. The van der Waals surface area contributed by atoms with E-state index in [1.807, 2.05) is 35.2 Å². The fourth-order valence-corrected chi connectivity index (χ4v) is 3.54. The van der Waals surface area contributed by atoms with Crippen LogP contribution in [0.1, 0.15) is 16.1 Å². The number of pyridine rings is 1. The topological polar surface area (TPSA) is 80.3 Å². The summed E-state index contributed by atoms with van der Waals surface area (Å²) in [7, 11) is 3.29. The number of aromatic amines is 1. The van der Waals surface area contributed by atoms with Crippen LogP contribution in [0.5, 0.6) is 11.5 Å². The van der Waals surface area contributed by atoms with Crippen molar-refractivity contribution in [1.29, 1.82) is 0 Å². The van der Waals surface area contributed by atoms with Gasteiger partial charge in [-0.05, 0) is 47.7 Å². The molecule has 0 unspecified atom stereocenters. The normalized spacial score (nSPS) is 13.9. The van der Waals surface area contributed by atoms with Gasteiger partial charge < -0.3 is 14.4 Å². The van der Waals surface area contributed by atoms with E-state index in [4.69, 9.17) is 9.47 Å². The summed E-state index contributed by atoms with van der Waals surface area (Å²) < 4.78 is 10.7. The molecule has 1 fully saturated rings. The summed E-state index contributed by atoms with van der Waals surface area (Å²) in [6.45, 7) is 1.43. The van der Waals surface area contributed by atoms with Crippen molar-refractivity contribution in [1.82, 2.24) is 20.1 Å². The number of hydrogen-bond acceptors (Lipinski definition) is 5. The number of benzene rings is 1. The average molecular weight is 378 g/mol. The standard InChI is InChI=1S/C21H22N4O3/c1-27-17-8-14(9-18(10-17)28-2)7-15-12-25(13-15)21(26)20-19(11-23-24-20)16-3-5-22-6-4-16/h3-6,8-11,15H,7,12-13H2,1-2H3,(H,23,24). The fraction of sp³-hybridized carbons (Fsp3) is 0.286. The van der Waals surface area contributed by atoms with Crippen molar-refractivity contribution in [2.75, 3.05) is 27.3 Å². The van der Waals surface area contributed by atoms with Crippen LogP contribution in [0.3, 0.4) is 0 Å². The van der Waals surface area contributed by atoms with Gasteiger partial charge in [0, 0.05) is 37.1 Å². The first-order valence-corrected chi connectivity index (χ1v) is 9.13. The van der Waals surface area contributed by atoms with Crippen LogP contribution in [-0.2, 0) is 6.42 Å². The van der Waals surface area contributed by atoms with Crippen molar-refractivity contribution < 1.29 is 14.3 Å². The number of nitrogens with one attached hydrogen (secondary N) is 1. The summed E-state index contributed by atoms with van der Waals surface area (Å²) in [5, 5.41) is 6.92. The Hall–Kier alpha value is -3.35. The highest BCUT2D eigenvalue weighted by Gasteiger charge is 2.33. The largest absolute Gasteiger partial charge is 0.497 e. The molecule has 7 nitrogen and oxygen atoms in total. The molecule has 1 aromatic carbocycles. The lowest BCUT2D eigenvalue weighted by Gasteiger charge is -2.39. The van der Waals surface area contributed by atoms with Crippen molar-refractivity contribution in [3.05, 3.63) is 60.2 Å². The van der Waals surface area contributed by atoms with Gasteiger partial charge in [-0.2, -0.15) is 5.10 Å². The van der Waals surface area contributed by atoms with Crippen LogP contribution in [0, 0.1) is 5.92 Å². The van der Waals surface area contributed by atoms with E-state index in [-0.39, 0.29) is 5.91 Å². The van der Waals surface area contributed by atoms with Gasteiger partial charge in [-0.1, -0.05) is 0 Å². The maximum Gasteiger partial charge on any atom is 0.272 e. The Kier molecular flexibility index (Phi) is 4.97. The molecule has 1 saturated heterocycles. The third-order valence-corrected chi connectivity index (χ3v) is 5.02.